The molecule has 0 amide bonds. The van der Waals surface area contributed by atoms with Crippen LogP contribution in [0.15, 0.2) is 48.5 Å². The third kappa shape index (κ3) is 6.70. The molecule has 2 aromatic rings. The lowest BCUT2D eigenvalue weighted by atomic mass is 9.78. The van der Waals surface area contributed by atoms with Gasteiger partial charge in [-0.2, -0.15) is 0 Å². The minimum absolute atomic E-state index is 0.148. The molecule has 0 heterocycles. The van der Waals surface area contributed by atoms with E-state index in [0.717, 1.165) is 44.1 Å². The van der Waals surface area contributed by atoms with Crippen LogP contribution in [0.1, 0.15) is 36.8 Å². The van der Waals surface area contributed by atoms with Crippen LogP contribution < -0.4 is 0 Å². The fraction of sp³-hybridized carbons (Fsp3) is 0.455. The second-order valence-electron chi connectivity index (χ2n) is 6.99. The van der Waals surface area contributed by atoms with Crippen LogP contribution in [0.25, 0.3) is 0 Å². The van der Waals surface area contributed by atoms with Crippen LogP contribution in [-0.2, 0) is 12.8 Å². The van der Waals surface area contributed by atoms with Gasteiger partial charge in [-0.25, -0.2) is 0 Å². The van der Waals surface area contributed by atoms with Crippen LogP contribution in [0.2, 0.25) is 0 Å². The first kappa shape index (κ1) is 20.3. The average molecular weight is 358 g/mol. The Morgan fingerprint density at radius 1 is 0.577 bits per heavy atom. The van der Waals surface area contributed by atoms with E-state index in [2.05, 4.69) is 0 Å². The second-order valence-corrected chi connectivity index (χ2v) is 6.99. The normalized spacial score (nSPS) is 13.5. The van der Waals surface area contributed by atoms with Gasteiger partial charge in [0.1, 0.15) is 11.5 Å². The lowest BCUT2D eigenvalue weighted by Crippen LogP contribution is -2.21. The van der Waals surface area contributed by atoms with Gasteiger partial charge in [0.05, 0.1) is 0 Å². The first-order valence-electron chi connectivity index (χ1n) is 9.40. The largest absolute Gasteiger partial charge is 0.508 e. The molecule has 0 unspecified atom stereocenters. The van der Waals surface area contributed by atoms with Gasteiger partial charge < -0.3 is 20.4 Å². The molecule has 4 N–H and O–H groups in total. The van der Waals surface area contributed by atoms with Gasteiger partial charge in [0.15, 0.2) is 0 Å². The molecule has 26 heavy (non-hydrogen) atoms. The summed E-state index contributed by atoms with van der Waals surface area (Å²) in [6, 6.07) is 14.6. The molecule has 0 saturated carbocycles. The van der Waals surface area contributed by atoms with Crippen molar-refractivity contribution in [1.29, 1.82) is 0 Å². The van der Waals surface area contributed by atoms with E-state index < -0.39 is 0 Å². The second kappa shape index (κ2) is 10.8. The highest BCUT2D eigenvalue weighted by atomic mass is 16.3. The summed E-state index contributed by atoms with van der Waals surface area (Å²) in [4.78, 5) is 0. The van der Waals surface area contributed by atoms with Crippen molar-refractivity contribution in [3.05, 3.63) is 59.7 Å². The molecule has 0 aromatic heterocycles. The Hall–Kier alpha value is -2.04. The first-order valence-corrected chi connectivity index (χ1v) is 9.40. The van der Waals surface area contributed by atoms with Gasteiger partial charge in [-0.15, -0.1) is 0 Å². The number of aromatic hydroxyl groups is 2. The first-order chi connectivity index (χ1) is 12.6. The smallest absolute Gasteiger partial charge is 0.115 e. The van der Waals surface area contributed by atoms with Crippen molar-refractivity contribution in [1.82, 2.24) is 0 Å². The van der Waals surface area contributed by atoms with Crippen molar-refractivity contribution in [2.45, 2.75) is 38.5 Å². The Balaban J connectivity index is 2.13. The maximum atomic E-state index is 9.57. The number of hydrogen-bond donors (Lipinski definition) is 4. The summed E-state index contributed by atoms with van der Waals surface area (Å²) >= 11 is 0. The summed E-state index contributed by atoms with van der Waals surface area (Å²) in [6.07, 6.45) is 5.19. The van der Waals surface area contributed by atoms with E-state index in [1.165, 1.54) is 5.56 Å². The molecule has 0 aliphatic carbocycles. The predicted octanol–water partition coefficient (Wildman–Crippen LogP) is 3.66. The quantitative estimate of drug-likeness (QED) is 0.462. The van der Waals surface area contributed by atoms with Gasteiger partial charge >= 0.3 is 0 Å². The molecular weight excluding hydrogens is 328 g/mol. The highest BCUT2D eigenvalue weighted by Crippen LogP contribution is 2.30. The number of rotatable bonds is 11. The lowest BCUT2D eigenvalue weighted by Gasteiger charge is -2.27. The fourth-order valence-electron chi connectivity index (χ4n) is 3.56. The van der Waals surface area contributed by atoms with Gasteiger partial charge in [-0.1, -0.05) is 30.7 Å². The van der Waals surface area contributed by atoms with E-state index in [1.54, 1.807) is 24.3 Å². The fourth-order valence-corrected chi connectivity index (χ4v) is 3.56. The van der Waals surface area contributed by atoms with Gasteiger partial charge in [0.2, 0.25) is 0 Å². The maximum absolute atomic E-state index is 9.57. The van der Waals surface area contributed by atoms with Crippen LogP contribution in [0, 0.1) is 11.8 Å². The maximum Gasteiger partial charge on any atom is 0.115 e. The molecule has 2 rings (SSSR count). The molecule has 2 atom stereocenters. The molecule has 0 bridgehead atoms. The van der Waals surface area contributed by atoms with Crippen LogP contribution in [0.5, 0.6) is 11.5 Å². The molecule has 0 aliphatic rings. The molecule has 4 nitrogen and oxygen atoms in total. The van der Waals surface area contributed by atoms with E-state index in [4.69, 9.17) is 5.11 Å². The van der Waals surface area contributed by atoms with Crippen LogP contribution in [-0.4, -0.2) is 33.6 Å². The van der Waals surface area contributed by atoms with Crippen LogP contribution in [0.4, 0.5) is 0 Å². The molecule has 0 radical (unpaired) electrons. The summed E-state index contributed by atoms with van der Waals surface area (Å²) in [5.74, 6) is 1.22. The summed E-state index contributed by atoms with van der Waals surface area (Å²) in [5.41, 5.74) is 2.32. The summed E-state index contributed by atoms with van der Waals surface area (Å²) < 4.78 is 0. The molecule has 0 spiro atoms. The van der Waals surface area contributed by atoms with E-state index in [0.29, 0.717) is 11.8 Å². The Morgan fingerprint density at radius 3 is 1.46 bits per heavy atom. The minimum atomic E-state index is 0.148. The van der Waals surface area contributed by atoms with Gasteiger partial charge in [-0.05, 0) is 79.3 Å². The van der Waals surface area contributed by atoms with Gasteiger partial charge in [0, 0.05) is 13.2 Å². The van der Waals surface area contributed by atoms with Gasteiger partial charge in [0.25, 0.3) is 0 Å². The average Bonchev–Trinajstić information content (AvgIpc) is 2.64. The zero-order chi connectivity index (χ0) is 18.8. The van der Waals surface area contributed by atoms with E-state index in [-0.39, 0.29) is 24.7 Å². The number of benzene rings is 2. The molecule has 0 aliphatic heterocycles. The lowest BCUT2D eigenvalue weighted by molar-refractivity contribution is 0.203. The Kier molecular flexibility index (Phi) is 8.45. The molecule has 2 aromatic carbocycles. The Morgan fingerprint density at radius 2 is 1.04 bits per heavy atom. The molecular formula is C22H30O4. The number of phenols is 2. The van der Waals surface area contributed by atoms with Gasteiger partial charge in [-0.3, -0.25) is 0 Å². The highest BCUT2D eigenvalue weighted by molar-refractivity contribution is 5.27. The van der Waals surface area contributed by atoms with Crippen LogP contribution >= 0.6 is 0 Å². The summed E-state index contributed by atoms with van der Waals surface area (Å²) in [5, 5.41) is 37.7. The Labute approximate surface area is 155 Å². The van der Waals surface area contributed by atoms with Crippen molar-refractivity contribution >= 4 is 0 Å². The third-order valence-corrected chi connectivity index (χ3v) is 5.02. The molecule has 0 saturated heterocycles. The van der Waals surface area contributed by atoms with E-state index in [9.17, 15) is 15.3 Å². The predicted molar refractivity (Wildman–Crippen MR) is 103 cm³/mol. The third-order valence-electron chi connectivity index (χ3n) is 5.02. The zero-order valence-electron chi connectivity index (χ0n) is 15.2. The standard InChI is InChI=1S/C22H30O4/c23-13-2-1-3-19(15-17-4-8-21(25)9-5-17)20(12-14-24)16-18-6-10-22(26)11-7-18/h4-11,19-20,23-26H,1-3,12-16H2/t19-,20-/m1/s1. The SMILES string of the molecule is OCCCC[C@H](Cc1ccc(O)cc1)[C@H](CCO)Cc1ccc(O)cc1. The zero-order valence-corrected chi connectivity index (χ0v) is 15.2. The van der Waals surface area contributed by atoms with Crippen LogP contribution in [0.3, 0.4) is 0 Å². The van der Waals surface area contributed by atoms with E-state index in [1.807, 2.05) is 24.3 Å². The monoisotopic (exact) mass is 358 g/mol. The number of aliphatic hydroxyl groups excluding tert-OH is 2. The number of phenolic OH excluding ortho intramolecular Hbond substituents is 2. The molecule has 4 heteroatoms. The summed E-state index contributed by atoms with van der Waals surface area (Å²) in [7, 11) is 0. The Bertz CT molecular complexity index is 622. The summed E-state index contributed by atoms with van der Waals surface area (Å²) in [6.45, 7) is 0.351. The number of hydrogen-bond acceptors (Lipinski definition) is 4. The molecule has 0 fully saturated rings. The van der Waals surface area contributed by atoms with E-state index >= 15 is 0 Å². The minimum Gasteiger partial charge on any atom is -0.508 e. The number of aliphatic hydroxyl groups is 2. The van der Waals surface area contributed by atoms with Crippen molar-refractivity contribution in [2.24, 2.45) is 11.8 Å². The number of unbranched alkanes of at least 4 members (excludes halogenated alkanes) is 1. The molecule has 142 valence electrons. The van der Waals surface area contributed by atoms with Crippen molar-refractivity contribution in [3.63, 3.8) is 0 Å². The topological polar surface area (TPSA) is 80.9 Å². The van der Waals surface area contributed by atoms with Crippen molar-refractivity contribution in [3.8, 4) is 11.5 Å². The van der Waals surface area contributed by atoms with Crippen molar-refractivity contribution in [2.75, 3.05) is 13.2 Å². The van der Waals surface area contributed by atoms with Crippen molar-refractivity contribution < 1.29 is 20.4 Å². The highest BCUT2D eigenvalue weighted by Gasteiger charge is 2.22.